The number of methoxy groups -OCH3 is 1. The zero-order valence-electron chi connectivity index (χ0n) is 18.6. The topological polar surface area (TPSA) is 79.9 Å². The molecule has 10 heteroatoms. The first-order valence-electron chi connectivity index (χ1n) is 10.8. The summed E-state index contributed by atoms with van der Waals surface area (Å²) in [5.41, 5.74) is -2.75. The zero-order chi connectivity index (χ0) is 23.5. The predicted molar refractivity (Wildman–Crippen MR) is 113 cm³/mol. The molecule has 1 fully saturated rings. The number of hydrogen-bond donors (Lipinski definition) is 2. The van der Waals surface area contributed by atoms with Crippen molar-refractivity contribution < 1.29 is 32.2 Å². The fourth-order valence-electron chi connectivity index (χ4n) is 4.01. The molecule has 3 rings (SSSR count). The van der Waals surface area contributed by atoms with E-state index in [4.69, 9.17) is 9.47 Å². The third-order valence-corrected chi connectivity index (χ3v) is 5.68. The number of carbonyl (C=O) groups is 2. The molecule has 1 aromatic carbocycles. The second kappa shape index (κ2) is 9.66. The molecule has 1 atom stereocenters. The molecule has 0 radical (unpaired) electrons. The molecule has 1 saturated heterocycles. The van der Waals surface area contributed by atoms with E-state index in [1.165, 1.54) is 18.7 Å². The summed E-state index contributed by atoms with van der Waals surface area (Å²) in [4.78, 5) is 27.3. The van der Waals surface area contributed by atoms with Gasteiger partial charge in [0.05, 0.1) is 16.8 Å². The van der Waals surface area contributed by atoms with Crippen molar-refractivity contribution in [2.45, 2.75) is 57.3 Å². The fraction of sp³-hybridized carbons (Fsp3) is 0.636. The van der Waals surface area contributed by atoms with E-state index in [0.717, 1.165) is 25.1 Å². The Balaban J connectivity index is 1.99. The van der Waals surface area contributed by atoms with Crippen molar-refractivity contribution >= 4 is 17.5 Å². The van der Waals surface area contributed by atoms with Gasteiger partial charge in [-0.25, -0.2) is 0 Å². The summed E-state index contributed by atoms with van der Waals surface area (Å²) in [7, 11) is 1.57. The Morgan fingerprint density at radius 2 is 2.09 bits per heavy atom. The normalized spacial score (nSPS) is 20.5. The zero-order valence-corrected chi connectivity index (χ0v) is 18.6. The molecule has 0 saturated carbocycles. The number of benzene rings is 1. The Morgan fingerprint density at radius 1 is 1.34 bits per heavy atom. The molecule has 2 aliphatic heterocycles. The van der Waals surface area contributed by atoms with Gasteiger partial charge in [0.1, 0.15) is 5.75 Å². The monoisotopic (exact) mass is 457 g/mol. The largest absolute Gasteiger partial charge is 0.476 e. The van der Waals surface area contributed by atoms with Gasteiger partial charge in [-0.3, -0.25) is 9.59 Å². The lowest BCUT2D eigenvalue weighted by atomic mass is 9.98. The quantitative estimate of drug-likeness (QED) is 0.615. The van der Waals surface area contributed by atoms with Crippen LogP contribution in [0.4, 0.5) is 18.9 Å². The molecule has 178 valence electrons. The summed E-state index contributed by atoms with van der Waals surface area (Å²) < 4.78 is 52.3. The number of rotatable bonds is 7. The fourth-order valence-corrected chi connectivity index (χ4v) is 4.01. The van der Waals surface area contributed by atoms with Crippen LogP contribution < -0.4 is 20.3 Å². The smallest absolute Gasteiger partial charge is 0.417 e. The molecule has 2 N–H and O–H groups in total. The summed E-state index contributed by atoms with van der Waals surface area (Å²) in [5, 5.41) is 5.82. The SMILES string of the molecule is COCCCCN1C(=O)C(C)(C)Oc2cc(C(F)(F)F)c(C(=O)N[C@@H]3CCCNC3)cc21. The van der Waals surface area contributed by atoms with Crippen molar-refractivity contribution in [1.82, 2.24) is 10.6 Å². The molecule has 2 amide bonds. The van der Waals surface area contributed by atoms with Gasteiger partial charge < -0.3 is 25.0 Å². The molecule has 32 heavy (non-hydrogen) atoms. The van der Waals surface area contributed by atoms with E-state index in [-0.39, 0.29) is 29.9 Å². The van der Waals surface area contributed by atoms with Crippen LogP contribution in [-0.2, 0) is 15.7 Å². The van der Waals surface area contributed by atoms with Gasteiger partial charge >= 0.3 is 6.18 Å². The van der Waals surface area contributed by atoms with E-state index in [2.05, 4.69) is 10.6 Å². The van der Waals surface area contributed by atoms with Gasteiger partial charge in [-0.2, -0.15) is 13.2 Å². The van der Waals surface area contributed by atoms with Gasteiger partial charge in [0.25, 0.3) is 11.8 Å². The number of unbranched alkanes of at least 4 members (excludes halogenated alkanes) is 1. The van der Waals surface area contributed by atoms with Crippen LogP contribution in [-0.4, -0.2) is 56.8 Å². The van der Waals surface area contributed by atoms with E-state index in [9.17, 15) is 22.8 Å². The molecule has 0 bridgehead atoms. The number of nitrogens with zero attached hydrogens (tertiary/aromatic N) is 1. The van der Waals surface area contributed by atoms with Gasteiger partial charge in [0, 0.05) is 32.8 Å². The number of amides is 2. The number of halogens is 3. The minimum atomic E-state index is -4.76. The number of anilines is 1. The summed E-state index contributed by atoms with van der Waals surface area (Å²) in [6.45, 7) is 5.13. The van der Waals surface area contributed by atoms with Crippen LogP contribution in [0.5, 0.6) is 5.75 Å². The highest BCUT2D eigenvalue weighted by Crippen LogP contribution is 2.44. The van der Waals surface area contributed by atoms with Crippen molar-refractivity contribution in [3.63, 3.8) is 0 Å². The minimum Gasteiger partial charge on any atom is -0.476 e. The van der Waals surface area contributed by atoms with E-state index < -0.39 is 28.8 Å². The third-order valence-electron chi connectivity index (χ3n) is 5.68. The van der Waals surface area contributed by atoms with E-state index in [1.54, 1.807) is 7.11 Å². The Labute approximate surface area is 185 Å². The average Bonchev–Trinajstić information content (AvgIpc) is 2.72. The van der Waals surface area contributed by atoms with Crippen LogP contribution in [0.1, 0.15) is 55.5 Å². The Kier molecular flexibility index (Phi) is 7.34. The maximum absolute atomic E-state index is 13.9. The number of alkyl halides is 3. The molecular formula is C22H30F3N3O4. The molecule has 0 spiro atoms. The van der Waals surface area contributed by atoms with Gasteiger partial charge in [-0.05, 0) is 58.2 Å². The predicted octanol–water partition coefficient (Wildman–Crippen LogP) is 3.12. The number of fused-ring (bicyclic) bond motifs is 1. The van der Waals surface area contributed by atoms with Gasteiger partial charge in [-0.1, -0.05) is 0 Å². The highest BCUT2D eigenvalue weighted by Gasteiger charge is 2.44. The highest BCUT2D eigenvalue weighted by atomic mass is 19.4. The first-order chi connectivity index (χ1) is 15.0. The molecule has 7 nitrogen and oxygen atoms in total. The molecule has 0 unspecified atom stereocenters. The number of carbonyl (C=O) groups excluding carboxylic acids is 2. The molecule has 2 aliphatic rings. The van der Waals surface area contributed by atoms with Crippen LogP contribution in [0.2, 0.25) is 0 Å². The molecule has 0 aliphatic carbocycles. The van der Waals surface area contributed by atoms with E-state index >= 15 is 0 Å². The maximum atomic E-state index is 13.9. The summed E-state index contributed by atoms with van der Waals surface area (Å²) >= 11 is 0. The Morgan fingerprint density at radius 3 is 2.72 bits per heavy atom. The van der Waals surface area contributed by atoms with Gasteiger partial charge in [0.2, 0.25) is 0 Å². The summed E-state index contributed by atoms with van der Waals surface area (Å²) in [6.07, 6.45) is -1.98. The number of hydrogen-bond acceptors (Lipinski definition) is 5. The van der Waals surface area contributed by atoms with Crippen LogP contribution in [0, 0.1) is 0 Å². The lowest BCUT2D eigenvalue weighted by Gasteiger charge is -2.39. The van der Waals surface area contributed by atoms with Crippen molar-refractivity contribution in [2.24, 2.45) is 0 Å². The van der Waals surface area contributed by atoms with Crippen LogP contribution in [0.25, 0.3) is 0 Å². The second-order valence-corrected chi connectivity index (χ2v) is 8.65. The first-order valence-corrected chi connectivity index (χ1v) is 10.8. The van der Waals surface area contributed by atoms with E-state index in [0.29, 0.717) is 32.4 Å². The van der Waals surface area contributed by atoms with Crippen molar-refractivity contribution in [2.75, 3.05) is 38.3 Å². The van der Waals surface area contributed by atoms with Crippen molar-refractivity contribution in [3.05, 3.63) is 23.3 Å². The number of ether oxygens (including phenoxy) is 2. The van der Waals surface area contributed by atoms with Crippen molar-refractivity contribution in [3.8, 4) is 5.75 Å². The minimum absolute atomic E-state index is 0.0652. The molecular weight excluding hydrogens is 427 g/mol. The first kappa shape index (κ1) is 24.3. The molecule has 2 heterocycles. The van der Waals surface area contributed by atoms with Crippen LogP contribution in [0.3, 0.4) is 0 Å². The Bertz CT molecular complexity index is 852. The van der Waals surface area contributed by atoms with Crippen molar-refractivity contribution in [1.29, 1.82) is 0 Å². The second-order valence-electron chi connectivity index (χ2n) is 8.65. The molecule has 0 aromatic heterocycles. The van der Waals surface area contributed by atoms with Crippen LogP contribution >= 0.6 is 0 Å². The lowest BCUT2D eigenvalue weighted by molar-refractivity contribution is -0.138. The van der Waals surface area contributed by atoms with Gasteiger partial charge in [0.15, 0.2) is 5.60 Å². The standard InChI is InChI=1S/C22H30F3N3O4/c1-21(2)20(30)28(9-4-5-10-31-3)17-11-15(16(22(23,24)25)12-18(17)32-21)19(29)27-14-7-6-8-26-13-14/h11-12,14,26H,4-10,13H2,1-3H3,(H,27,29)/t14-/m1/s1. The number of piperidine rings is 1. The number of nitrogens with one attached hydrogen (secondary N) is 2. The summed E-state index contributed by atoms with van der Waals surface area (Å²) in [5.74, 6) is -1.25. The lowest BCUT2D eigenvalue weighted by Crippen LogP contribution is -2.53. The Hall–Kier alpha value is -2.33. The maximum Gasteiger partial charge on any atom is 0.417 e. The molecule has 1 aromatic rings. The summed E-state index contributed by atoms with van der Waals surface area (Å²) in [6, 6.07) is 1.71. The highest BCUT2D eigenvalue weighted by molar-refractivity contribution is 6.05. The average molecular weight is 457 g/mol. The third kappa shape index (κ3) is 5.35. The van der Waals surface area contributed by atoms with Crippen LogP contribution in [0.15, 0.2) is 12.1 Å². The van der Waals surface area contributed by atoms with E-state index in [1.807, 2.05) is 0 Å². The van der Waals surface area contributed by atoms with Gasteiger partial charge in [-0.15, -0.1) is 0 Å².